The molecule has 3 atom stereocenters. The predicted molar refractivity (Wildman–Crippen MR) is 77.7 cm³/mol. The second kappa shape index (κ2) is 5.32. The Hall–Kier alpha value is -0.380. The van der Waals surface area contributed by atoms with Crippen molar-refractivity contribution in [3.8, 4) is 0 Å². The third-order valence-corrected chi connectivity index (χ3v) is 5.47. The van der Waals surface area contributed by atoms with Crippen LogP contribution < -0.4 is 5.73 Å². The molecule has 1 aliphatic heterocycles. The van der Waals surface area contributed by atoms with Crippen LogP contribution >= 0.6 is 11.3 Å². The summed E-state index contributed by atoms with van der Waals surface area (Å²) in [7, 11) is 0. The highest BCUT2D eigenvalue weighted by molar-refractivity contribution is 7.10. The zero-order valence-corrected chi connectivity index (χ0v) is 12.0. The molecule has 0 radical (unpaired) electrons. The van der Waals surface area contributed by atoms with Crippen molar-refractivity contribution < 1.29 is 0 Å². The molecule has 1 saturated heterocycles. The van der Waals surface area contributed by atoms with Gasteiger partial charge in [-0.05, 0) is 62.4 Å². The second-order valence-corrected chi connectivity index (χ2v) is 7.03. The van der Waals surface area contributed by atoms with E-state index in [2.05, 4.69) is 29.3 Å². The molecule has 0 aromatic carbocycles. The fourth-order valence-electron chi connectivity index (χ4n) is 3.30. The number of nitrogens with two attached hydrogens (primary N) is 1. The van der Waals surface area contributed by atoms with Crippen LogP contribution in [0.25, 0.3) is 0 Å². The van der Waals surface area contributed by atoms with Crippen molar-refractivity contribution >= 4 is 11.3 Å². The molecule has 18 heavy (non-hydrogen) atoms. The molecule has 100 valence electrons. The summed E-state index contributed by atoms with van der Waals surface area (Å²) in [6, 6.07) is 5.55. The Morgan fingerprint density at radius 3 is 2.78 bits per heavy atom. The Labute approximate surface area is 114 Å². The Morgan fingerprint density at radius 1 is 1.33 bits per heavy atom. The van der Waals surface area contributed by atoms with Gasteiger partial charge < -0.3 is 5.73 Å². The summed E-state index contributed by atoms with van der Waals surface area (Å²) >= 11 is 1.93. The van der Waals surface area contributed by atoms with Crippen molar-refractivity contribution in [2.24, 2.45) is 17.6 Å². The van der Waals surface area contributed by atoms with Gasteiger partial charge >= 0.3 is 0 Å². The second-order valence-electron chi connectivity index (χ2n) is 6.05. The standard InChI is InChI=1S/C15H24N2S/c1-11(16)13-4-2-8-17(10-13)15(12-6-7-12)14-5-3-9-18-14/h3,5,9,11-13,15H,2,4,6-8,10,16H2,1H3. The Bertz CT molecular complexity index is 370. The molecular formula is C15H24N2S. The molecule has 2 fully saturated rings. The number of hydrogen-bond acceptors (Lipinski definition) is 3. The molecule has 2 aliphatic rings. The minimum absolute atomic E-state index is 0.344. The summed E-state index contributed by atoms with van der Waals surface area (Å²) in [5.41, 5.74) is 6.12. The number of hydrogen-bond donors (Lipinski definition) is 1. The van der Waals surface area contributed by atoms with E-state index in [1.54, 1.807) is 4.88 Å². The lowest BCUT2D eigenvalue weighted by Crippen LogP contribution is -2.44. The minimum Gasteiger partial charge on any atom is -0.328 e. The van der Waals surface area contributed by atoms with Crippen LogP contribution in [-0.2, 0) is 0 Å². The highest BCUT2D eigenvalue weighted by Crippen LogP contribution is 2.46. The van der Waals surface area contributed by atoms with Crippen LogP contribution in [0.2, 0.25) is 0 Å². The summed E-state index contributed by atoms with van der Waals surface area (Å²) in [4.78, 5) is 4.30. The number of piperidine rings is 1. The van der Waals surface area contributed by atoms with E-state index in [1.807, 2.05) is 11.3 Å². The lowest BCUT2D eigenvalue weighted by atomic mass is 9.90. The lowest BCUT2D eigenvalue weighted by Gasteiger charge is -2.39. The normalized spacial score (nSPS) is 29.1. The summed E-state index contributed by atoms with van der Waals surface area (Å²) in [6.07, 6.45) is 5.47. The maximum atomic E-state index is 6.12. The number of likely N-dealkylation sites (tertiary alicyclic amines) is 1. The van der Waals surface area contributed by atoms with Gasteiger partial charge in [-0.3, -0.25) is 4.90 Å². The lowest BCUT2D eigenvalue weighted by molar-refractivity contribution is 0.103. The molecule has 1 saturated carbocycles. The Balaban J connectivity index is 1.74. The highest BCUT2D eigenvalue weighted by atomic mass is 32.1. The minimum atomic E-state index is 0.344. The maximum absolute atomic E-state index is 6.12. The van der Waals surface area contributed by atoms with Crippen LogP contribution in [0.15, 0.2) is 17.5 Å². The summed E-state index contributed by atoms with van der Waals surface area (Å²) in [5, 5.41) is 2.22. The van der Waals surface area contributed by atoms with Crippen molar-refractivity contribution in [3.05, 3.63) is 22.4 Å². The van der Waals surface area contributed by atoms with Gasteiger partial charge in [0.05, 0.1) is 0 Å². The van der Waals surface area contributed by atoms with E-state index in [1.165, 1.54) is 38.8 Å². The van der Waals surface area contributed by atoms with Gasteiger partial charge in [-0.2, -0.15) is 0 Å². The molecule has 1 aromatic rings. The summed E-state index contributed by atoms with van der Waals surface area (Å²) in [6.45, 7) is 4.64. The van der Waals surface area contributed by atoms with Crippen molar-refractivity contribution in [2.45, 2.75) is 44.7 Å². The van der Waals surface area contributed by atoms with Gasteiger partial charge in [0.1, 0.15) is 0 Å². The smallest absolute Gasteiger partial charge is 0.0469 e. The Kier molecular flexibility index (Phi) is 3.73. The van der Waals surface area contributed by atoms with Gasteiger partial charge in [0.15, 0.2) is 0 Å². The van der Waals surface area contributed by atoms with E-state index in [4.69, 9.17) is 5.73 Å². The molecule has 1 aromatic heterocycles. The van der Waals surface area contributed by atoms with E-state index in [0.29, 0.717) is 18.0 Å². The fraction of sp³-hybridized carbons (Fsp3) is 0.733. The summed E-state index contributed by atoms with van der Waals surface area (Å²) < 4.78 is 0. The first-order chi connectivity index (χ1) is 8.75. The van der Waals surface area contributed by atoms with Crippen LogP contribution in [0.5, 0.6) is 0 Å². The zero-order valence-electron chi connectivity index (χ0n) is 11.2. The molecule has 0 bridgehead atoms. The summed E-state index contributed by atoms with van der Waals surface area (Å²) in [5.74, 6) is 1.61. The van der Waals surface area contributed by atoms with E-state index < -0.39 is 0 Å². The van der Waals surface area contributed by atoms with E-state index in [9.17, 15) is 0 Å². The van der Waals surface area contributed by atoms with Crippen molar-refractivity contribution in [3.63, 3.8) is 0 Å². The number of rotatable bonds is 4. The van der Waals surface area contributed by atoms with E-state index in [0.717, 1.165) is 5.92 Å². The van der Waals surface area contributed by atoms with Gasteiger partial charge in [-0.15, -0.1) is 11.3 Å². The molecule has 3 heteroatoms. The average molecular weight is 264 g/mol. The van der Waals surface area contributed by atoms with Gasteiger partial charge in [0, 0.05) is 23.5 Å². The topological polar surface area (TPSA) is 29.3 Å². The average Bonchev–Trinajstić information content (AvgIpc) is 3.05. The molecule has 3 unspecified atom stereocenters. The molecule has 2 N–H and O–H groups in total. The quantitative estimate of drug-likeness (QED) is 0.904. The van der Waals surface area contributed by atoms with Crippen LogP contribution in [0.1, 0.15) is 43.5 Å². The fourth-order valence-corrected chi connectivity index (χ4v) is 4.26. The Morgan fingerprint density at radius 2 is 2.17 bits per heavy atom. The third-order valence-electron chi connectivity index (χ3n) is 4.53. The van der Waals surface area contributed by atoms with Crippen LogP contribution in [0, 0.1) is 11.8 Å². The first-order valence-electron chi connectivity index (χ1n) is 7.28. The molecule has 0 amide bonds. The molecule has 1 aliphatic carbocycles. The molecule has 0 spiro atoms. The monoisotopic (exact) mass is 264 g/mol. The van der Waals surface area contributed by atoms with Crippen molar-refractivity contribution in [1.29, 1.82) is 0 Å². The van der Waals surface area contributed by atoms with Crippen molar-refractivity contribution in [1.82, 2.24) is 4.90 Å². The van der Waals surface area contributed by atoms with Crippen molar-refractivity contribution in [2.75, 3.05) is 13.1 Å². The third kappa shape index (κ3) is 2.63. The molecule has 2 heterocycles. The van der Waals surface area contributed by atoms with E-state index >= 15 is 0 Å². The zero-order chi connectivity index (χ0) is 12.5. The van der Waals surface area contributed by atoms with Crippen LogP contribution in [0.3, 0.4) is 0 Å². The van der Waals surface area contributed by atoms with Crippen LogP contribution in [0.4, 0.5) is 0 Å². The van der Waals surface area contributed by atoms with Crippen LogP contribution in [-0.4, -0.2) is 24.0 Å². The van der Waals surface area contributed by atoms with Gasteiger partial charge in [-0.25, -0.2) is 0 Å². The first kappa shape index (κ1) is 12.6. The number of thiophene rings is 1. The van der Waals surface area contributed by atoms with E-state index in [-0.39, 0.29) is 0 Å². The van der Waals surface area contributed by atoms with Gasteiger partial charge in [0.2, 0.25) is 0 Å². The van der Waals surface area contributed by atoms with Gasteiger partial charge in [-0.1, -0.05) is 6.07 Å². The first-order valence-corrected chi connectivity index (χ1v) is 8.16. The molecule has 2 nitrogen and oxygen atoms in total. The molecular weight excluding hydrogens is 240 g/mol. The number of nitrogens with zero attached hydrogens (tertiary/aromatic N) is 1. The highest BCUT2D eigenvalue weighted by Gasteiger charge is 2.38. The predicted octanol–water partition coefficient (Wildman–Crippen LogP) is 3.26. The van der Waals surface area contributed by atoms with Gasteiger partial charge in [0.25, 0.3) is 0 Å². The SMILES string of the molecule is CC(N)C1CCCN(C(c2cccs2)C2CC2)C1. The largest absolute Gasteiger partial charge is 0.328 e. The maximum Gasteiger partial charge on any atom is 0.0469 e. The molecule has 3 rings (SSSR count).